The summed E-state index contributed by atoms with van der Waals surface area (Å²) in [4.78, 5) is 24.8. The maximum atomic E-state index is 11.9. The van der Waals surface area contributed by atoms with Crippen LogP contribution in [0.3, 0.4) is 0 Å². The molecular formula is C10H18N2O3S. The monoisotopic (exact) mass is 246 g/mol. The summed E-state index contributed by atoms with van der Waals surface area (Å²) in [6, 6.07) is -1.17. The molecule has 92 valence electrons. The molecule has 0 saturated carbocycles. The average molecular weight is 246 g/mol. The van der Waals surface area contributed by atoms with Gasteiger partial charge in [0.05, 0.1) is 6.61 Å². The van der Waals surface area contributed by atoms with Gasteiger partial charge in [-0.05, 0) is 6.92 Å². The number of hydrogen-bond donors (Lipinski definition) is 1. The summed E-state index contributed by atoms with van der Waals surface area (Å²) in [5.41, 5.74) is 5.55. The van der Waals surface area contributed by atoms with Crippen molar-refractivity contribution in [2.24, 2.45) is 5.73 Å². The third kappa shape index (κ3) is 3.38. The number of carbonyl (C=O) groups is 2. The molecule has 2 N–H and O–H groups in total. The smallest absolute Gasteiger partial charge is 0.332 e. The molecule has 1 aliphatic heterocycles. The molecule has 5 nitrogen and oxygen atoms in total. The lowest BCUT2D eigenvalue weighted by atomic mass is 10.2. The molecule has 6 heteroatoms. The lowest BCUT2D eigenvalue weighted by Crippen LogP contribution is -2.52. The Labute approximate surface area is 99.7 Å². The van der Waals surface area contributed by atoms with E-state index in [1.807, 2.05) is 11.8 Å². The Morgan fingerprint density at radius 3 is 2.88 bits per heavy atom. The van der Waals surface area contributed by atoms with E-state index in [4.69, 9.17) is 10.5 Å². The predicted octanol–water partition coefficient (Wildman–Crippen LogP) is -0.159. The van der Waals surface area contributed by atoms with E-state index >= 15 is 0 Å². The van der Waals surface area contributed by atoms with Crippen molar-refractivity contribution in [3.8, 4) is 0 Å². The zero-order valence-electron chi connectivity index (χ0n) is 9.64. The highest BCUT2D eigenvalue weighted by molar-refractivity contribution is 7.99. The van der Waals surface area contributed by atoms with Gasteiger partial charge in [0, 0.05) is 24.1 Å². The van der Waals surface area contributed by atoms with Crippen LogP contribution in [0.1, 0.15) is 13.8 Å². The van der Waals surface area contributed by atoms with Crippen LogP contribution in [0.25, 0.3) is 0 Å². The number of rotatable bonds is 3. The van der Waals surface area contributed by atoms with E-state index in [2.05, 4.69) is 6.92 Å². The molecule has 1 amide bonds. The molecule has 1 fully saturated rings. The first kappa shape index (κ1) is 13.3. The van der Waals surface area contributed by atoms with Gasteiger partial charge in [0.15, 0.2) is 6.04 Å². The predicted molar refractivity (Wildman–Crippen MR) is 63.1 cm³/mol. The highest BCUT2D eigenvalue weighted by Gasteiger charge is 2.30. The molecule has 0 radical (unpaired) electrons. The van der Waals surface area contributed by atoms with Crippen molar-refractivity contribution in [1.29, 1.82) is 0 Å². The first-order valence-electron chi connectivity index (χ1n) is 5.38. The van der Waals surface area contributed by atoms with Crippen LogP contribution < -0.4 is 5.73 Å². The molecule has 0 aromatic heterocycles. The minimum Gasteiger partial charge on any atom is -0.464 e. The van der Waals surface area contributed by atoms with E-state index in [1.165, 1.54) is 0 Å². The quantitative estimate of drug-likeness (QED) is 0.553. The second-order valence-corrected chi connectivity index (χ2v) is 5.24. The van der Waals surface area contributed by atoms with Gasteiger partial charge in [0.2, 0.25) is 0 Å². The molecule has 0 bridgehead atoms. The molecule has 0 aromatic carbocycles. The van der Waals surface area contributed by atoms with E-state index in [0.717, 1.165) is 5.75 Å². The van der Waals surface area contributed by atoms with E-state index in [0.29, 0.717) is 18.3 Å². The number of esters is 1. The highest BCUT2D eigenvalue weighted by Crippen LogP contribution is 2.18. The van der Waals surface area contributed by atoms with Crippen LogP contribution in [0, 0.1) is 0 Å². The molecule has 2 unspecified atom stereocenters. The fourth-order valence-electron chi connectivity index (χ4n) is 1.55. The van der Waals surface area contributed by atoms with E-state index in [1.54, 1.807) is 11.8 Å². The van der Waals surface area contributed by atoms with Crippen LogP contribution in [-0.4, -0.2) is 53.5 Å². The third-order valence-electron chi connectivity index (χ3n) is 2.36. The lowest BCUT2D eigenvalue weighted by molar-refractivity contribution is -0.150. The van der Waals surface area contributed by atoms with Crippen LogP contribution in [0.5, 0.6) is 0 Å². The first-order chi connectivity index (χ1) is 7.56. The van der Waals surface area contributed by atoms with E-state index in [9.17, 15) is 9.59 Å². The van der Waals surface area contributed by atoms with Gasteiger partial charge in [-0.1, -0.05) is 6.92 Å². The Morgan fingerprint density at radius 2 is 2.31 bits per heavy atom. The Morgan fingerprint density at radius 1 is 1.62 bits per heavy atom. The van der Waals surface area contributed by atoms with Crippen LogP contribution in [0.4, 0.5) is 0 Å². The van der Waals surface area contributed by atoms with E-state index in [-0.39, 0.29) is 12.5 Å². The fraction of sp³-hybridized carbons (Fsp3) is 0.800. The molecule has 1 aliphatic rings. The molecule has 1 rings (SSSR count). The minimum atomic E-state index is -1.17. The summed E-state index contributed by atoms with van der Waals surface area (Å²) < 4.78 is 4.73. The zero-order chi connectivity index (χ0) is 12.1. The maximum absolute atomic E-state index is 11.9. The zero-order valence-corrected chi connectivity index (χ0v) is 10.5. The largest absolute Gasteiger partial charge is 0.464 e. The van der Waals surface area contributed by atoms with Gasteiger partial charge in [-0.15, -0.1) is 0 Å². The summed E-state index contributed by atoms with van der Waals surface area (Å²) in [5.74, 6) is -0.0772. The van der Waals surface area contributed by atoms with Crippen LogP contribution in [0.2, 0.25) is 0 Å². The second kappa shape index (κ2) is 6.10. The normalized spacial score (nSPS) is 22.7. The van der Waals surface area contributed by atoms with Gasteiger partial charge in [0.1, 0.15) is 0 Å². The SMILES string of the molecule is CCOC(=O)C(N)C(=O)N1CCSC(C)C1. The van der Waals surface area contributed by atoms with Crippen LogP contribution in [0.15, 0.2) is 0 Å². The molecule has 16 heavy (non-hydrogen) atoms. The van der Waals surface area contributed by atoms with Gasteiger partial charge in [-0.25, -0.2) is 4.79 Å². The minimum absolute atomic E-state index is 0.242. The Bertz CT molecular complexity index is 273. The number of thioether (sulfide) groups is 1. The molecule has 2 atom stereocenters. The Kier molecular flexibility index (Phi) is 5.08. The van der Waals surface area contributed by atoms with Crippen molar-refractivity contribution in [3.63, 3.8) is 0 Å². The molecule has 0 aromatic rings. The molecule has 0 aliphatic carbocycles. The van der Waals surface area contributed by atoms with E-state index < -0.39 is 12.0 Å². The van der Waals surface area contributed by atoms with Gasteiger partial charge >= 0.3 is 5.97 Å². The maximum Gasteiger partial charge on any atom is 0.332 e. The number of amides is 1. The highest BCUT2D eigenvalue weighted by atomic mass is 32.2. The van der Waals surface area contributed by atoms with Gasteiger partial charge in [-0.2, -0.15) is 11.8 Å². The van der Waals surface area contributed by atoms with Crippen LogP contribution >= 0.6 is 11.8 Å². The Hall–Kier alpha value is -0.750. The van der Waals surface area contributed by atoms with Gasteiger partial charge < -0.3 is 15.4 Å². The second-order valence-electron chi connectivity index (χ2n) is 3.70. The topological polar surface area (TPSA) is 72.6 Å². The standard InChI is InChI=1S/C10H18N2O3S/c1-3-15-10(14)8(11)9(13)12-4-5-16-7(2)6-12/h7-8H,3-6,11H2,1-2H3. The summed E-state index contributed by atoms with van der Waals surface area (Å²) in [5, 5.41) is 0.395. The Balaban J connectivity index is 2.52. The van der Waals surface area contributed by atoms with Crippen molar-refractivity contribution < 1.29 is 14.3 Å². The average Bonchev–Trinajstić information content (AvgIpc) is 2.27. The molecular weight excluding hydrogens is 228 g/mol. The van der Waals surface area contributed by atoms with Gasteiger partial charge in [0.25, 0.3) is 5.91 Å². The van der Waals surface area contributed by atoms with Crippen molar-refractivity contribution in [2.45, 2.75) is 25.1 Å². The van der Waals surface area contributed by atoms with Crippen molar-refractivity contribution in [2.75, 3.05) is 25.4 Å². The first-order valence-corrected chi connectivity index (χ1v) is 6.43. The summed E-state index contributed by atoms with van der Waals surface area (Å²) in [6.07, 6.45) is 0. The number of nitrogens with zero attached hydrogens (tertiary/aromatic N) is 1. The molecule has 1 saturated heterocycles. The van der Waals surface area contributed by atoms with Crippen LogP contribution in [-0.2, 0) is 14.3 Å². The van der Waals surface area contributed by atoms with Gasteiger partial charge in [-0.3, -0.25) is 4.79 Å². The molecule has 1 heterocycles. The number of ether oxygens (including phenoxy) is 1. The summed E-state index contributed by atoms with van der Waals surface area (Å²) >= 11 is 1.82. The van der Waals surface area contributed by atoms with Crippen molar-refractivity contribution >= 4 is 23.6 Å². The third-order valence-corrected chi connectivity index (χ3v) is 3.50. The lowest BCUT2D eigenvalue weighted by Gasteiger charge is -2.31. The van der Waals surface area contributed by atoms with Crippen molar-refractivity contribution in [1.82, 2.24) is 4.90 Å². The summed E-state index contributed by atoms with van der Waals surface area (Å²) in [6.45, 7) is 5.29. The molecule has 0 spiro atoms. The summed E-state index contributed by atoms with van der Waals surface area (Å²) in [7, 11) is 0. The fourth-order valence-corrected chi connectivity index (χ4v) is 2.56. The number of hydrogen-bond acceptors (Lipinski definition) is 5. The number of carbonyl (C=O) groups excluding carboxylic acids is 2. The number of nitrogens with two attached hydrogens (primary N) is 1. The van der Waals surface area contributed by atoms with Crippen molar-refractivity contribution in [3.05, 3.63) is 0 Å².